The number of hydrogen-bond donors (Lipinski definition) is 2. The summed E-state index contributed by atoms with van der Waals surface area (Å²) in [5.41, 5.74) is 4.80. The lowest BCUT2D eigenvalue weighted by atomic mass is 9.93. The number of H-pyrrole nitrogens is 1. The van der Waals surface area contributed by atoms with Gasteiger partial charge in [0.15, 0.2) is 0 Å². The molecule has 0 bridgehead atoms. The van der Waals surface area contributed by atoms with Crippen LogP contribution in [0.3, 0.4) is 0 Å². The third kappa shape index (κ3) is 4.15. The molecule has 3 aromatic rings. The molecular formula is C22H25ClN4O2. The zero-order valence-corrected chi connectivity index (χ0v) is 17.6. The van der Waals surface area contributed by atoms with E-state index in [-0.39, 0.29) is 11.9 Å². The number of hydrogen-bond acceptors (Lipinski definition) is 4. The van der Waals surface area contributed by atoms with E-state index in [1.165, 1.54) is 11.1 Å². The van der Waals surface area contributed by atoms with Crippen LogP contribution in [0.25, 0.3) is 11.0 Å². The molecule has 1 aromatic heterocycles. The third-order valence-electron chi connectivity index (χ3n) is 5.59. The van der Waals surface area contributed by atoms with Gasteiger partial charge >= 0.3 is 0 Å². The number of ether oxygens (including phenoxy) is 1. The maximum atomic E-state index is 13.0. The number of nitrogens with zero attached hydrogens (tertiary/aromatic N) is 2. The van der Waals surface area contributed by atoms with Crippen molar-refractivity contribution in [1.82, 2.24) is 20.2 Å². The summed E-state index contributed by atoms with van der Waals surface area (Å²) in [7, 11) is 3.74. The van der Waals surface area contributed by atoms with Crippen molar-refractivity contribution in [3.8, 4) is 0 Å². The summed E-state index contributed by atoms with van der Waals surface area (Å²) in [4.78, 5) is 23.1. The molecule has 1 amide bonds. The average molecular weight is 413 g/mol. The van der Waals surface area contributed by atoms with Gasteiger partial charge in [0.2, 0.25) is 0 Å². The van der Waals surface area contributed by atoms with Crippen LogP contribution in [0, 0.1) is 0 Å². The lowest BCUT2D eigenvalue weighted by Crippen LogP contribution is -2.35. The zero-order chi connectivity index (χ0) is 20.5. The van der Waals surface area contributed by atoms with Crippen molar-refractivity contribution in [3.05, 3.63) is 63.9 Å². The Bertz CT molecular complexity index is 1050. The zero-order valence-electron chi connectivity index (χ0n) is 16.8. The normalized spacial score (nSPS) is 17.9. The standard InChI is InChI=1S/C22H25ClN4O2/c1-13-8-16-9-14(4-5-15(16)11-27(13)2)22(28)26-20(12-29-3)21-24-18-7-6-17(23)10-19(18)25-21/h4-7,9-10,13,20H,8,11-12H2,1-3H3,(H,24,25)(H,26,28)/t13-,20+/m1/s1. The SMILES string of the molecule is COC[C@H](NC(=O)c1ccc2c(c1)C[C@@H](C)N(C)C2)c1nc2ccc(Cl)cc2[nH]1. The minimum Gasteiger partial charge on any atom is -0.382 e. The molecule has 1 aliphatic rings. The number of fused-ring (bicyclic) bond motifs is 2. The largest absolute Gasteiger partial charge is 0.382 e. The van der Waals surface area contributed by atoms with Gasteiger partial charge in [0.05, 0.1) is 17.6 Å². The summed E-state index contributed by atoms with van der Waals surface area (Å²) in [5, 5.41) is 3.69. The quantitative estimate of drug-likeness (QED) is 0.670. The molecule has 0 saturated carbocycles. The highest BCUT2D eigenvalue weighted by atomic mass is 35.5. The molecular weight excluding hydrogens is 388 g/mol. The van der Waals surface area contributed by atoms with E-state index in [0.717, 1.165) is 24.0 Å². The molecule has 6 nitrogen and oxygen atoms in total. The first-order chi connectivity index (χ1) is 13.9. The van der Waals surface area contributed by atoms with Crippen LogP contribution in [-0.4, -0.2) is 47.6 Å². The molecule has 152 valence electrons. The second kappa shape index (κ2) is 8.14. The van der Waals surface area contributed by atoms with Gasteiger partial charge in [-0.05, 0) is 61.9 Å². The van der Waals surface area contributed by atoms with Crippen LogP contribution in [0.1, 0.15) is 40.3 Å². The highest BCUT2D eigenvalue weighted by molar-refractivity contribution is 6.31. The molecule has 0 radical (unpaired) electrons. The Morgan fingerprint density at radius 3 is 2.97 bits per heavy atom. The number of rotatable bonds is 5. The maximum absolute atomic E-state index is 13.0. The van der Waals surface area contributed by atoms with Gasteiger partial charge in [-0.15, -0.1) is 0 Å². The van der Waals surface area contributed by atoms with E-state index in [1.54, 1.807) is 13.2 Å². The molecule has 2 atom stereocenters. The first-order valence-electron chi connectivity index (χ1n) is 9.71. The number of aromatic amines is 1. The Labute approximate surface area is 175 Å². The van der Waals surface area contributed by atoms with E-state index >= 15 is 0 Å². The van der Waals surface area contributed by atoms with Gasteiger partial charge in [0.25, 0.3) is 5.91 Å². The Morgan fingerprint density at radius 1 is 1.34 bits per heavy atom. The summed E-state index contributed by atoms with van der Waals surface area (Å²) >= 11 is 6.07. The van der Waals surface area contributed by atoms with Gasteiger partial charge < -0.3 is 15.0 Å². The first-order valence-corrected chi connectivity index (χ1v) is 10.1. The Kier molecular flexibility index (Phi) is 5.58. The molecule has 2 N–H and O–H groups in total. The van der Waals surface area contributed by atoms with E-state index in [0.29, 0.717) is 29.1 Å². The van der Waals surface area contributed by atoms with Crippen LogP contribution >= 0.6 is 11.6 Å². The fourth-order valence-corrected chi connectivity index (χ4v) is 3.95. The van der Waals surface area contributed by atoms with Crippen LogP contribution in [-0.2, 0) is 17.7 Å². The first kappa shape index (κ1) is 19.9. The number of carbonyl (C=O) groups is 1. The molecule has 2 heterocycles. The summed E-state index contributed by atoms with van der Waals surface area (Å²) < 4.78 is 5.32. The number of carbonyl (C=O) groups excluding carboxylic acids is 1. The number of methoxy groups -OCH3 is 1. The Morgan fingerprint density at radius 2 is 2.17 bits per heavy atom. The van der Waals surface area contributed by atoms with E-state index in [1.807, 2.05) is 24.3 Å². The maximum Gasteiger partial charge on any atom is 0.251 e. The number of imidazole rings is 1. The molecule has 7 heteroatoms. The fraction of sp³-hybridized carbons (Fsp3) is 0.364. The van der Waals surface area contributed by atoms with Gasteiger partial charge in [-0.1, -0.05) is 17.7 Å². The molecule has 29 heavy (non-hydrogen) atoms. The summed E-state index contributed by atoms with van der Waals surface area (Å²) in [6, 6.07) is 11.5. The molecule has 0 fully saturated rings. The van der Waals surface area contributed by atoms with Crippen molar-refractivity contribution in [2.24, 2.45) is 0 Å². The lowest BCUT2D eigenvalue weighted by Gasteiger charge is -2.31. The van der Waals surface area contributed by atoms with Crippen LogP contribution in [0.5, 0.6) is 0 Å². The van der Waals surface area contributed by atoms with Crippen LogP contribution < -0.4 is 5.32 Å². The van der Waals surface area contributed by atoms with Gasteiger partial charge in [0.1, 0.15) is 11.9 Å². The smallest absolute Gasteiger partial charge is 0.251 e. The Balaban J connectivity index is 1.56. The number of aromatic nitrogens is 2. The average Bonchev–Trinajstić information content (AvgIpc) is 3.11. The number of amides is 1. The Hall–Kier alpha value is -2.41. The van der Waals surface area contributed by atoms with Crippen LogP contribution in [0.15, 0.2) is 36.4 Å². The lowest BCUT2D eigenvalue weighted by molar-refractivity contribution is 0.0892. The van der Waals surface area contributed by atoms with Gasteiger partial charge in [-0.25, -0.2) is 4.98 Å². The number of benzene rings is 2. The van der Waals surface area contributed by atoms with Gasteiger partial charge in [0, 0.05) is 30.3 Å². The van der Waals surface area contributed by atoms with E-state index < -0.39 is 0 Å². The molecule has 0 saturated heterocycles. The summed E-state index contributed by atoms with van der Waals surface area (Å²) in [5.74, 6) is 0.505. The molecule has 2 aromatic carbocycles. The van der Waals surface area contributed by atoms with Crippen molar-refractivity contribution >= 4 is 28.5 Å². The summed E-state index contributed by atoms with van der Waals surface area (Å²) in [6.45, 7) is 3.43. The minimum absolute atomic E-state index is 0.139. The van der Waals surface area contributed by atoms with Crippen molar-refractivity contribution in [2.45, 2.75) is 32.0 Å². The van der Waals surface area contributed by atoms with E-state index in [2.05, 4.69) is 40.2 Å². The monoisotopic (exact) mass is 412 g/mol. The van der Waals surface area contributed by atoms with Crippen LogP contribution in [0.2, 0.25) is 5.02 Å². The predicted molar refractivity (Wildman–Crippen MR) is 114 cm³/mol. The van der Waals surface area contributed by atoms with Crippen molar-refractivity contribution in [1.29, 1.82) is 0 Å². The number of nitrogens with one attached hydrogen (secondary N) is 2. The highest BCUT2D eigenvalue weighted by Crippen LogP contribution is 2.24. The summed E-state index contributed by atoms with van der Waals surface area (Å²) in [6.07, 6.45) is 0.943. The fourth-order valence-electron chi connectivity index (χ4n) is 3.77. The number of likely N-dealkylation sites (N-methyl/N-ethyl adjacent to an activating group) is 1. The molecule has 0 unspecified atom stereocenters. The topological polar surface area (TPSA) is 70.2 Å². The van der Waals surface area contributed by atoms with E-state index in [9.17, 15) is 4.79 Å². The predicted octanol–water partition coefficient (Wildman–Crippen LogP) is 3.71. The van der Waals surface area contributed by atoms with Crippen molar-refractivity contribution < 1.29 is 9.53 Å². The molecule has 1 aliphatic heterocycles. The molecule has 0 aliphatic carbocycles. The molecule has 0 spiro atoms. The van der Waals surface area contributed by atoms with Gasteiger partial charge in [-0.2, -0.15) is 0 Å². The van der Waals surface area contributed by atoms with E-state index in [4.69, 9.17) is 16.3 Å². The second-order valence-corrected chi connectivity index (χ2v) is 8.15. The van der Waals surface area contributed by atoms with Crippen molar-refractivity contribution in [3.63, 3.8) is 0 Å². The van der Waals surface area contributed by atoms with Crippen LogP contribution in [0.4, 0.5) is 0 Å². The molecule has 4 rings (SSSR count). The van der Waals surface area contributed by atoms with Gasteiger partial charge in [-0.3, -0.25) is 9.69 Å². The van der Waals surface area contributed by atoms with Crippen molar-refractivity contribution in [2.75, 3.05) is 20.8 Å². The second-order valence-electron chi connectivity index (χ2n) is 7.72. The third-order valence-corrected chi connectivity index (χ3v) is 5.82. The number of halogens is 1. The minimum atomic E-state index is -0.389. The highest BCUT2D eigenvalue weighted by Gasteiger charge is 2.23.